The monoisotopic (exact) mass is 325 g/mol. The molecule has 3 rings (SSSR count). The van der Waals surface area contributed by atoms with Gasteiger partial charge in [0, 0.05) is 6.54 Å². The van der Waals surface area contributed by atoms with Crippen LogP contribution in [0.5, 0.6) is 0 Å². The highest BCUT2D eigenvalue weighted by Gasteiger charge is 2.38. The molecule has 122 valence electrons. The second kappa shape index (κ2) is 6.28. The van der Waals surface area contributed by atoms with Crippen molar-refractivity contribution in [3.8, 4) is 0 Å². The number of benzene rings is 2. The van der Waals surface area contributed by atoms with Gasteiger partial charge in [-0.3, -0.25) is 14.5 Å². The van der Waals surface area contributed by atoms with Crippen LogP contribution in [-0.4, -0.2) is 28.4 Å². The first-order chi connectivity index (χ1) is 11.5. The van der Waals surface area contributed by atoms with Crippen LogP contribution in [0.25, 0.3) is 5.57 Å². The van der Waals surface area contributed by atoms with Crippen LogP contribution in [0, 0.1) is 12.7 Å². The highest BCUT2D eigenvalue weighted by atomic mass is 19.1. The van der Waals surface area contributed by atoms with Gasteiger partial charge < -0.3 is 5.11 Å². The lowest BCUT2D eigenvalue weighted by molar-refractivity contribution is -0.138. The van der Waals surface area contributed by atoms with Gasteiger partial charge in [0.15, 0.2) is 5.76 Å². The van der Waals surface area contributed by atoms with Crippen molar-refractivity contribution in [2.75, 3.05) is 6.54 Å². The Morgan fingerprint density at radius 3 is 2.21 bits per heavy atom. The van der Waals surface area contributed by atoms with Crippen LogP contribution in [0.15, 0.2) is 54.3 Å². The summed E-state index contributed by atoms with van der Waals surface area (Å²) in [5.41, 5.74) is 2.36. The van der Waals surface area contributed by atoms with Gasteiger partial charge in [-0.25, -0.2) is 4.39 Å². The molecule has 24 heavy (non-hydrogen) atoms. The average Bonchev–Trinajstić information content (AvgIpc) is 2.78. The van der Waals surface area contributed by atoms with E-state index in [1.165, 1.54) is 12.1 Å². The third kappa shape index (κ3) is 2.93. The second-order valence-corrected chi connectivity index (χ2v) is 5.73. The minimum atomic E-state index is -0.697. The summed E-state index contributed by atoms with van der Waals surface area (Å²) in [5.74, 6) is -2.07. The molecule has 0 saturated carbocycles. The highest BCUT2D eigenvalue weighted by Crippen LogP contribution is 2.28. The lowest BCUT2D eigenvalue weighted by Crippen LogP contribution is -2.33. The minimum absolute atomic E-state index is 0.0270. The standard InChI is InChI=1S/C19H16FNO3/c1-12-2-6-14(7-3-12)16-17(22)19(24)21(18(16)23)11-10-13-4-8-15(20)9-5-13/h2-9,22H,10-11H2,1H3. The second-order valence-electron chi connectivity index (χ2n) is 5.73. The smallest absolute Gasteiger partial charge is 0.296 e. The molecular formula is C19H16FNO3. The normalized spacial score (nSPS) is 14.7. The minimum Gasteiger partial charge on any atom is -0.502 e. The molecule has 0 bridgehead atoms. The van der Waals surface area contributed by atoms with Crippen LogP contribution < -0.4 is 0 Å². The zero-order valence-corrected chi connectivity index (χ0v) is 13.1. The summed E-state index contributed by atoms with van der Waals surface area (Å²) in [5, 5.41) is 10.1. The van der Waals surface area contributed by atoms with Gasteiger partial charge in [0.25, 0.3) is 11.8 Å². The maximum Gasteiger partial charge on any atom is 0.296 e. The molecule has 0 spiro atoms. The molecular weight excluding hydrogens is 309 g/mol. The van der Waals surface area contributed by atoms with E-state index in [1.54, 1.807) is 24.3 Å². The van der Waals surface area contributed by atoms with E-state index in [9.17, 15) is 19.1 Å². The maximum absolute atomic E-state index is 12.9. The zero-order chi connectivity index (χ0) is 17.3. The van der Waals surface area contributed by atoms with Crippen LogP contribution in [-0.2, 0) is 16.0 Å². The Bertz CT molecular complexity index is 823. The number of imide groups is 1. The quantitative estimate of drug-likeness (QED) is 0.879. The summed E-state index contributed by atoms with van der Waals surface area (Å²) >= 11 is 0. The van der Waals surface area contributed by atoms with Gasteiger partial charge >= 0.3 is 0 Å². The lowest BCUT2D eigenvalue weighted by atomic mass is 10.0. The zero-order valence-electron chi connectivity index (χ0n) is 13.1. The number of rotatable bonds is 4. The van der Waals surface area contributed by atoms with Crippen molar-refractivity contribution in [3.05, 3.63) is 76.8 Å². The SMILES string of the molecule is Cc1ccc(C2=C(O)C(=O)N(CCc3ccc(F)cc3)C2=O)cc1. The Balaban J connectivity index is 1.78. The Labute approximate surface area is 138 Å². The molecule has 0 atom stereocenters. The number of aliphatic hydroxyl groups excluding tert-OH is 1. The van der Waals surface area contributed by atoms with Gasteiger partial charge in [0.2, 0.25) is 0 Å². The van der Waals surface area contributed by atoms with Crippen LogP contribution in [0.3, 0.4) is 0 Å². The molecule has 0 radical (unpaired) electrons. The molecule has 0 fully saturated rings. The van der Waals surface area contributed by atoms with E-state index in [4.69, 9.17) is 0 Å². The molecule has 0 aromatic heterocycles. The fraction of sp³-hybridized carbons (Fsp3) is 0.158. The van der Waals surface area contributed by atoms with Crippen molar-refractivity contribution in [2.45, 2.75) is 13.3 Å². The van der Waals surface area contributed by atoms with E-state index in [0.29, 0.717) is 12.0 Å². The van der Waals surface area contributed by atoms with Crippen LogP contribution in [0.2, 0.25) is 0 Å². The van der Waals surface area contributed by atoms with Crippen molar-refractivity contribution in [1.82, 2.24) is 4.90 Å². The van der Waals surface area contributed by atoms with E-state index in [1.807, 2.05) is 19.1 Å². The molecule has 0 unspecified atom stereocenters. The number of hydrogen-bond acceptors (Lipinski definition) is 3. The van der Waals surface area contributed by atoms with Gasteiger partial charge in [0.1, 0.15) is 5.82 Å². The van der Waals surface area contributed by atoms with Crippen molar-refractivity contribution < 1.29 is 19.1 Å². The molecule has 2 aromatic carbocycles. The van der Waals surface area contributed by atoms with Crippen molar-refractivity contribution in [2.24, 2.45) is 0 Å². The Hall–Kier alpha value is -2.95. The Kier molecular flexibility index (Phi) is 4.16. The average molecular weight is 325 g/mol. The number of nitrogens with zero attached hydrogens (tertiary/aromatic N) is 1. The lowest BCUT2D eigenvalue weighted by Gasteiger charge is -2.14. The largest absolute Gasteiger partial charge is 0.502 e. The van der Waals surface area contributed by atoms with E-state index in [0.717, 1.165) is 16.0 Å². The molecule has 0 aliphatic carbocycles. The van der Waals surface area contributed by atoms with Gasteiger partial charge in [-0.2, -0.15) is 0 Å². The van der Waals surface area contributed by atoms with Gasteiger partial charge in [-0.05, 0) is 36.6 Å². The van der Waals surface area contributed by atoms with Crippen molar-refractivity contribution in [3.63, 3.8) is 0 Å². The van der Waals surface area contributed by atoms with Gasteiger partial charge in [-0.15, -0.1) is 0 Å². The number of aryl methyl sites for hydroxylation is 1. The first-order valence-corrected chi connectivity index (χ1v) is 7.58. The topological polar surface area (TPSA) is 57.6 Å². The summed E-state index contributed by atoms with van der Waals surface area (Å²) < 4.78 is 12.9. The number of aliphatic hydroxyl groups is 1. The summed E-state index contributed by atoms with van der Waals surface area (Å²) in [7, 11) is 0. The molecule has 1 heterocycles. The van der Waals surface area contributed by atoms with E-state index in [2.05, 4.69) is 0 Å². The molecule has 1 aliphatic heterocycles. The number of halogens is 1. The van der Waals surface area contributed by atoms with Crippen molar-refractivity contribution >= 4 is 17.4 Å². The molecule has 4 nitrogen and oxygen atoms in total. The molecule has 5 heteroatoms. The fourth-order valence-corrected chi connectivity index (χ4v) is 2.64. The first kappa shape index (κ1) is 15.9. The van der Waals surface area contributed by atoms with Crippen molar-refractivity contribution in [1.29, 1.82) is 0 Å². The van der Waals surface area contributed by atoms with Crippen LogP contribution in [0.4, 0.5) is 4.39 Å². The third-order valence-corrected chi connectivity index (χ3v) is 4.02. The molecule has 0 saturated heterocycles. The predicted octanol–water partition coefficient (Wildman–Crippen LogP) is 3.01. The summed E-state index contributed by atoms with van der Waals surface area (Å²) in [6.45, 7) is 2.04. The third-order valence-electron chi connectivity index (χ3n) is 4.02. The predicted molar refractivity (Wildman–Crippen MR) is 87.6 cm³/mol. The van der Waals surface area contributed by atoms with E-state index >= 15 is 0 Å². The van der Waals surface area contributed by atoms with E-state index < -0.39 is 17.6 Å². The molecule has 2 amide bonds. The van der Waals surface area contributed by atoms with Crippen LogP contribution >= 0.6 is 0 Å². The number of carbonyl (C=O) groups is 2. The number of amides is 2. The Morgan fingerprint density at radius 2 is 1.58 bits per heavy atom. The summed E-state index contributed by atoms with van der Waals surface area (Å²) in [6.07, 6.45) is 0.395. The molecule has 2 aromatic rings. The fourth-order valence-electron chi connectivity index (χ4n) is 2.64. The number of hydrogen-bond donors (Lipinski definition) is 1. The van der Waals surface area contributed by atoms with E-state index in [-0.39, 0.29) is 17.9 Å². The maximum atomic E-state index is 12.9. The molecule has 1 aliphatic rings. The van der Waals surface area contributed by atoms with Crippen LogP contribution in [0.1, 0.15) is 16.7 Å². The van der Waals surface area contributed by atoms with Gasteiger partial charge in [-0.1, -0.05) is 42.0 Å². The highest BCUT2D eigenvalue weighted by molar-refractivity contribution is 6.34. The summed E-state index contributed by atoms with van der Waals surface area (Å²) in [4.78, 5) is 25.7. The molecule has 1 N–H and O–H groups in total. The first-order valence-electron chi connectivity index (χ1n) is 7.58. The number of carbonyl (C=O) groups excluding carboxylic acids is 2. The van der Waals surface area contributed by atoms with Gasteiger partial charge in [0.05, 0.1) is 5.57 Å². The summed E-state index contributed by atoms with van der Waals surface area (Å²) in [6, 6.07) is 12.9. The Morgan fingerprint density at radius 1 is 0.958 bits per heavy atom.